The number of likely N-dealkylation sites (tertiary alicyclic amines) is 1. The molecule has 2 heterocycles. The lowest BCUT2D eigenvalue weighted by Crippen LogP contribution is -2.40. The molecule has 188 valence electrons. The van der Waals surface area contributed by atoms with Crippen LogP contribution in [0.5, 0.6) is 0 Å². The first kappa shape index (κ1) is 25.2. The van der Waals surface area contributed by atoms with Crippen molar-refractivity contribution in [1.82, 2.24) is 15.1 Å². The number of carbonyl (C=O) groups excluding carboxylic acids is 2. The van der Waals surface area contributed by atoms with Gasteiger partial charge in [-0.15, -0.1) is 0 Å². The largest absolute Gasteiger partial charge is 0.416 e. The number of carbonyl (C=O) groups is 2. The first-order valence-electron chi connectivity index (χ1n) is 11.8. The molecule has 0 bridgehead atoms. The lowest BCUT2D eigenvalue weighted by atomic mass is 10.1. The number of ether oxygens (including phenoxy) is 1. The lowest BCUT2D eigenvalue weighted by molar-refractivity contribution is -0.137. The molecular weight excluding hydrogens is 459 g/mol. The lowest BCUT2D eigenvalue weighted by Gasteiger charge is -2.31. The summed E-state index contributed by atoms with van der Waals surface area (Å²) in [5.41, 5.74) is 1.78. The molecular formula is C26H30F3N3O3. The number of nitrogens with zero attached hydrogens (tertiary/aromatic N) is 2. The summed E-state index contributed by atoms with van der Waals surface area (Å²) in [6, 6.07) is 13.0. The van der Waals surface area contributed by atoms with E-state index < -0.39 is 17.7 Å². The Morgan fingerprint density at radius 3 is 2.51 bits per heavy atom. The molecule has 2 atom stereocenters. The minimum atomic E-state index is -4.44. The van der Waals surface area contributed by atoms with Crippen molar-refractivity contribution >= 4 is 11.8 Å². The van der Waals surface area contributed by atoms with Crippen molar-refractivity contribution in [2.45, 2.75) is 45.3 Å². The van der Waals surface area contributed by atoms with Gasteiger partial charge in [-0.25, -0.2) is 0 Å². The summed E-state index contributed by atoms with van der Waals surface area (Å²) in [6.45, 7) is 5.96. The first-order valence-corrected chi connectivity index (χ1v) is 11.8. The molecule has 1 N–H and O–H groups in total. The predicted molar refractivity (Wildman–Crippen MR) is 124 cm³/mol. The SMILES string of the molecule is CC1CN(Cc2cccc(CNC(=O)C3CC(=O)N(Cc4cccc(C(F)(F)F)c4)C3)c2)CCO1. The van der Waals surface area contributed by atoms with E-state index in [1.54, 1.807) is 6.07 Å². The molecule has 0 aliphatic carbocycles. The van der Waals surface area contributed by atoms with Crippen molar-refractivity contribution in [3.8, 4) is 0 Å². The fourth-order valence-corrected chi connectivity index (χ4v) is 4.63. The Kier molecular flexibility index (Phi) is 7.76. The van der Waals surface area contributed by atoms with Crippen molar-refractivity contribution in [2.75, 3.05) is 26.2 Å². The van der Waals surface area contributed by atoms with Crippen molar-refractivity contribution < 1.29 is 27.5 Å². The second-order valence-electron chi connectivity index (χ2n) is 9.33. The summed E-state index contributed by atoms with van der Waals surface area (Å²) in [5, 5.41) is 2.91. The third kappa shape index (κ3) is 6.82. The van der Waals surface area contributed by atoms with Gasteiger partial charge < -0.3 is 15.0 Å². The molecule has 2 aliphatic rings. The molecule has 2 unspecified atom stereocenters. The normalized spacial score (nSPS) is 21.4. The minimum absolute atomic E-state index is 0.0503. The van der Waals surface area contributed by atoms with Crippen molar-refractivity contribution in [3.05, 3.63) is 70.8 Å². The van der Waals surface area contributed by atoms with Crippen LogP contribution in [0.25, 0.3) is 0 Å². The Balaban J connectivity index is 1.29. The molecule has 2 aromatic rings. The first-order chi connectivity index (χ1) is 16.7. The van der Waals surface area contributed by atoms with Gasteiger partial charge in [-0.05, 0) is 35.7 Å². The van der Waals surface area contributed by atoms with E-state index in [9.17, 15) is 22.8 Å². The third-order valence-electron chi connectivity index (χ3n) is 6.40. The van der Waals surface area contributed by atoms with Gasteiger partial charge in [0.1, 0.15) is 0 Å². The van der Waals surface area contributed by atoms with Crippen molar-refractivity contribution in [1.29, 1.82) is 0 Å². The highest BCUT2D eigenvalue weighted by Crippen LogP contribution is 2.30. The van der Waals surface area contributed by atoms with Gasteiger partial charge in [0.2, 0.25) is 11.8 Å². The van der Waals surface area contributed by atoms with Crippen LogP contribution in [0.1, 0.15) is 35.6 Å². The fraction of sp³-hybridized carbons (Fsp3) is 0.462. The Morgan fingerprint density at radius 2 is 1.77 bits per heavy atom. The van der Waals surface area contributed by atoms with E-state index in [0.717, 1.165) is 49.5 Å². The topological polar surface area (TPSA) is 61.9 Å². The number of hydrogen-bond donors (Lipinski definition) is 1. The zero-order valence-corrected chi connectivity index (χ0v) is 19.7. The van der Waals surface area contributed by atoms with E-state index in [4.69, 9.17) is 4.74 Å². The van der Waals surface area contributed by atoms with Gasteiger partial charge in [0, 0.05) is 45.7 Å². The molecule has 0 saturated carbocycles. The standard InChI is InChI=1S/C26H30F3N3O3/c1-18-14-31(8-9-35-18)15-20-5-2-4-19(10-20)13-30-25(34)22-12-24(33)32(17-22)16-21-6-3-7-23(11-21)26(27,28)29/h2-7,10-11,18,22H,8-9,12-17H2,1H3,(H,30,34). The van der Waals surface area contributed by atoms with Crippen LogP contribution in [0.15, 0.2) is 48.5 Å². The van der Waals surface area contributed by atoms with Crippen LogP contribution in [0.2, 0.25) is 0 Å². The molecule has 2 aliphatic heterocycles. The molecule has 0 spiro atoms. The highest BCUT2D eigenvalue weighted by molar-refractivity contribution is 5.89. The second kappa shape index (κ2) is 10.8. The van der Waals surface area contributed by atoms with Gasteiger partial charge in [-0.1, -0.05) is 36.4 Å². The van der Waals surface area contributed by atoms with E-state index in [0.29, 0.717) is 12.1 Å². The maximum absolute atomic E-state index is 13.0. The number of alkyl halides is 3. The zero-order valence-electron chi connectivity index (χ0n) is 19.7. The van der Waals surface area contributed by atoms with Gasteiger partial charge in [-0.2, -0.15) is 13.2 Å². The van der Waals surface area contributed by atoms with E-state index in [1.165, 1.54) is 11.0 Å². The average Bonchev–Trinajstić information content (AvgIpc) is 3.17. The summed E-state index contributed by atoms with van der Waals surface area (Å²) in [7, 11) is 0. The quantitative estimate of drug-likeness (QED) is 0.646. The Bertz CT molecular complexity index is 1060. The number of rotatable bonds is 7. The summed E-state index contributed by atoms with van der Waals surface area (Å²) in [5.74, 6) is -0.979. The van der Waals surface area contributed by atoms with Gasteiger partial charge in [0.15, 0.2) is 0 Å². The van der Waals surface area contributed by atoms with Gasteiger partial charge in [-0.3, -0.25) is 14.5 Å². The summed E-state index contributed by atoms with van der Waals surface area (Å²) >= 11 is 0. The summed E-state index contributed by atoms with van der Waals surface area (Å²) in [6.07, 6.45) is -4.17. The maximum Gasteiger partial charge on any atom is 0.416 e. The van der Waals surface area contributed by atoms with E-state index >= 15 is 0 Å². The van der Waals surface area contributed by atoms with E-state index in [1.807, 2.05) is 12.1 Å². The zero-order chi connectivity index (χ0) is 25.0. The van der Waals surface area contributed by atoms with E-state index in [2.05, 4.69) is 29.3 Å². The molecule has 35 heavy (non-hydrogen) atoms. The number of amides is 2. The maximum atomic E-state index is 13.0. The van der Waals surface area contributed by atoms with Crippen LogP contribution < -0.4 is 5.32 Å². The highest BCUT2D eigenvalue weighted by Gasteiger charge is 2.35. The molecule has 2 amide bonds. The van der Waals surface area contributed by atoms with Crippen LogP contribution in [0.3, 0.4) is 0 Å². The number of halogens is 3. The van der Waals surface area contributed by atoms with Crippen LogP contribution in [0, 0.1) is 5.92 Å². The third-order valence-corrected chi connectivity index (χ3v) is 6.40. The van der Waals surface area contributed by atoms with Crippen molar-refractivity contribution in [3.63, 3.8) is 0 Å². The predicted octanol–water partition coefficient (Wildman–Crippen LogP) is 3.59. The summed E-state index contributed by atoms with van der Waals surface area (Å²) < 4.78 is 44.5. The number of hydrogen-bond acceptors (Lipinski definition) is 4. The summed E-state index contributed by atoms with van der Waals surface area (Å²) in [4.78, 5) is 28.9. The number of morpholine rings is 1. The molecule has 2 aromatic carbocycles. The van der Waals surface area contributed by atoms with Crippen molar-refractivity contribution in [2.24, 2.45) is 5.92 Å². The molecule has 2 fully saturated rings. The Morgan fingerprint density at radius 1 is 1.06 bits per heavy atom. The van der Waals surface area contributed by atoms with Crippen LogP contribution in [0.4, 0.5) is 13.2 Å². The molecule has 9 heteroatoms. The Hall–Kier alpha value is -2.91. The van der Waals surface area contributed by atoms with Gasteiger partial charge in [0.25, 0.3) is 0 Å². The average molecular weight is 490 g/mol. The molecule has 0 radical (unpaired) electrons. The second-order valence-corrected chi connectivity index (χ2v) is 9.33. The van der Waals surface area contributed by atoms with Crippen LogP contribution in [-0.4, -0.2) is 54.0 Å². The number of nitrogens with one attached hydrogen (secondary N) is 1. The molecule has 0 aromatic heterocycles. The van der Waals surface area contributed by atoms with Gasteiger partial charge in [0.05, 0.1) is 24.2 Å². The van der Waals surface area contributed by atoms with Gasteiger partial charge >= 0.3 is 6.18 Å². The fourth-order valence-electron chi connectivity index (χ4n) is 4.63. The monoisotopic (exact) mass is 489 g/mol. The highest BCUT2D eigenvalue weighted by atomic mass is 19.4. The molecule has 6 nitrogen and oxygen atoms in total. The molecule has 2 saturated heterocycles. The number of benzene rings is 2. The van der Waals surface area contributed by atoms with E-state index in [-0.39, 0.29) is 37.4 Å². The van der Waals surface area contributed by atoms with Crippen LogP contribution in [-0.2, 0) is 40.1 Å². The smallest absolute Gasteiger partial charge is 0.376 e. The van der Waals surface area contributed by atoms with Crippen LogP contribution >= 0.6 is 0 Å². The Labute approximate surface area is 203 Å². The molecule has 4 rings (SSSR count). The minimum Gasteiger partial charge on any atom is -0.376 e.